The highest BCUT2D eigenvalue weighted by molar-refractivity contribution is 7.98. The molecular formula is C9H12O3S2. The van der Waals surface area contributed by atoms with Gasteiger partial charge in [0.1, 0.15) is 0 Å². The fourth-order valence-electron chi connectivity index (χ4n) is 0.966. The lowest BCUT2D eigenvalue weighted by Crippen LogP contribution is -2.05. The third kappa shape index (κ3) is 2.73. The average molecular weight is 232 g/mol. The molecular weight excluding hydrogens is 220 g/mol. The van der Waals surface area contributed by atoms with Crippen LogP contribution < -0.4 is 0 Å². The van der Waals surface area contributed by atoms with E-state index in [9.17, 15) is 8.42 Å². The van der Waals surface area contributed by atoms with Crippen LogP contribution in [0.15, 0.2) is 34.1 Å². The molecule has 0 saturated heterocycles. The molecule has 0 unspecified atom stereocenters. The van der Waals surface area contributed by atoms with Gasteiger partial charge in [-0.3, -0.25) is 4.18 Å². The minimum absolute atomic E-state index is 0.159. The van der Waals surface area contributed by atoms with Gasteiger partial charge >= 0.3 is 0 Å². The Morgan fingerprint density at radius 3 is 2.29 bits per heavy atom. The molecule has 0 heterocycles. The molecule has 1 aromatic carbocycles. The number of rotatable bonds is 4. The Morgan fingerprint density at radius 2 is 1.86 bits per heavy atom. The summed E-state index contributed by atoms with van der Waals surface area (Å²) in [6.07, 6.45) is 1.94. The summed E-state index contributed by atoms with van der Waals surface area (Å²) < 4.78 is 27.5. The molecule has 0 aromatic heterocycles. The molecule has 0 spiro atoms. The molecule has 0 aliphatic rings. The topological polar surface area (TPSA) is 43.4 Å². The van der Waals surface area contributed by atoms with Crippen LogP contribution >= 0.6 is 11.8 Å². The largest absolute Gasteiger partial charge is 0.296 e. The van der Waals surface area contributed by atoms with Crippen LogP contribution in [0.3, 0.4) is 0 Å². The van der Waals surface area contributed by atoms with E-state index in [4.69, 9.17) is 0 Å². The van der Waals surface area contributed by atoms with Crippen molar-refractivity contribution in [2.75, 3.05) is 12.9 Å². The van der Waals surface area contributed by atoms with Crippen molar-refractivity contribution in [2.24, 2.45) is 0 Å². The number of hydrogen-bond acceptors (Lipinski definition) is 4. The minimum Gasteiger partial charge on any atom is -0.267 e. The van der Waals surface area contributed by atoms with Gasteiger partial charge in [0.25, 0.3) is 10.1 Å². The molecule has 0 radical (unpaired) electrons. The molecule has 78 valence electrons. The van der Waals surface area contributed by atoms with Gasteiger partial charge in [-0.2, -0.15) is 8.42 Å². The molecule has 0 atom stereocenters. The van der Waals surface area contributed by atoms with Crippen molar-refractivity contribution in [3.63, 3.8) is 0 Å². The lowest BCUT2D eigenvalue weighted by atomic mass is 10.4. The average Bonchev–Trinajstić information content (AvgIpc) is 2.18. The predicted molar refractivity (Wildman–Crippen MR) is 57.0 cm³/mol. The second-order valence-electron chi connectivity index (χ2n) is 2.54. The highest BCUT2D eigenvalue weighted by Crippen LogP contribution is 2.18. The van der Waals surface area contributed by atoms with Crippen LogP contribution in [0.4, 0.5) is 0 Å². The first-order valence-electron chi connectivity index (χ1n) is 4.13. The summed E-state index contributed by atoms with van der Waals surface area (Å²) >= 11 is 1.57. The van der Waals surface area contributed by atoms with Crippen LogP contribution in [-0.2, 0) is 14.3 Å². The van der Waals surface area contributed by atoms with E-state index in [1.165, 1.54) is 0 Å². The lowest BCUT2D eigenvalue weighted by Gasteiger charge is -2.03. The third-order valence-electron chi connectivity index (χ3n) is 1.62. The lowest BCUT2D eigenvalue weighted by molar-refractivity contribution is 0.338. The van der Waals surface area contributed by atoms with Crippen LogP contribution in [0.5, 0.6) is 0 Å². The van der Waals surface area contributed by atoms with Gasteiger partial charge in [-0.25, -0.2) is 0 Å². The summed E-state index contributed by atoms with van der Waals surface area (Å²) in [7, 11) is -3.54. The summed E-state index contributed by atoms with van der Waals surface area (Å²) in [6, 6.07) is 6.63. The Balaban J connectivity index is 2.97. The molecule has 1 rings (SSSR count). The Hall–Kier alpha value is -0.520. The van der Waals surface area contributed by atoms with E-state index in [2.05, 4.69) is 4.18 Å². The van der Waals surface area contributed by atoms with Gasteiger partial charge in [0.05, 0.1) is 11.5 Å². The first-order valence-corrected chi connectivity index (χ1v) is 6.77. The van der Waals surface area contributed by atoms with Crippen molar-refractivity contribution in [2.45, 2.75) is 16.7 Å². The Labute approximate surface area is 88.6 Å². The molecule has 1 aromatic rings. The maximum atomic E-state index is 11.4. The molecule has 0 bridgehead atoms. The van der Waals surface area contributed by atoms with Crippen LogP contribution in [0.25, 0.3) is 0 Å². The summed E-state index contributed by atoms with van der Waals surface area (Å²) in [5.74, 6) is 0. The molecule has 3 nitrogen and oxygen atoms in total. The summed E-state index contributed by atoms with van der Waals surface area (Å²) in [4.78, 5) is 1.23. The maximum absolute atomic E-state index is 11.4. The van der Waals surface area contributed by atoms with E-state index < -0.39 is 10.1 Å². The second kappa shape index (κ2) is 4.82. The standard InChI is InChI=1S/C9H12O3S2/c1-3-12-14(10,11)9-6-4-8(13-2)5-7-9/h4-7H,3H2,1-2H3. The first-order chi connectivity index (χ1) is 6.60. The van der Waals surface area contributed by atoms with Crippen LogP contribution in [-0.4, -0.2) is 21.3 Å². The maximum Gasteiger partial charge on any atom is 0.296 e. The number of thioether (sulfide) groups is 1. The van der Waals surface area contributed by atoms with E-state index in [-0.39, 0.29) is 11.5 Å². The zero-order chi connectivity index (χ0) is 10.6. The van der Waals surface area contributed by atoms with Gasteiger partial charge in [0.2, 0.25) is 0 Å². The quantitative estimate of drug-likeness (QED) is 0.589. The van der Waals surface area contributed by atoms with Crippen LogP contribution in [0.2, 0.25) is 0 Å². The van der Waals surface area contributed by atoms with Gasteiger partial charge < -0.3 is 0 Å². The fraction of sp³-hybridized carbons (Fsp3) is 0.333. The molecule has 0 fully saturated rings. The molecule has 0 saturated carbocycles. The third-order valence-corrected chi connectivity index (χ3v) is 3.76. The molecule has 5 heteroatoms. The van der Waals surface area contributed by atoms with Crippen molar-refractivity contribution in [3.8, 4) is 0 Å². The fourth-order valence-corrected chi connectivity index (χ4v) is 2.29. The van der Waals surface area contributed by atoms with Crippen molar-refractivity contribution in [3.05, 3.63) is 24.3 Å². The summed E-state index contributed by atoms with van der Waals surface area (Å²) in [5.41, 5.74) is 0. The van der Waals surface area contributed by atoms with E-state index in [0.717, 1.165) is 4.90 Å². The Morgan fingerprint density at radius 1 is 1.29 bits per heavy atom. The van der Waals surface area contributed by atoms with E-state index in [0.29, 0.717) is 0 Å². The molecule has 0 N–H and O–H groups in total. The first kappa shape index (κ1) is 11.6. The van der Waals surface area contributed by atoms with Gasteiger partial charge in [-0.1, -0.05) is 0 Å². The van der Waals surface area contributed by atoms with Gasteiger partial charge in [-0.15, -0.1) is 11.8 Å². The Kier molecular flexibility index (Phi) is 3.97. The van der Waals surface area contributed by atoms with E-state index in [1.54, 1.807) is 43.0 Å². The smallest absolute Gasteiger partial charge is 0.267 e. The van der Waals surface area contributed by atoms with Crippen LogP contribution in [0.1, 0.15) is 6.92 Å². The number of benzene rings is 1. The molecule has 0 aliphatic heterocycles. The van der Waals surface area contributed by atoms with Crippen molar-refractivity contribution >= 4 is 21.9 Å². The van der Waals surface area contributed by atoms with Crippen molar-refractivity contribution in [1.82, 2.24) is 0 Å². The summed E-state index contributed by atoms with van der Waals surface area (Å²) in [6.45, 7) is 1.81. The zero-order valence-corrected chi connectivity index (χ0v) is 9.69. The van der Waals surface area contributed by atoms with Crippen molar-refractivity contribution in [1.29, 1.82) is 0 Å². The van der Waals surface area contributed by atoms with Crippen LogP contribution in [0, 0.1) is 0 Å². The molecule has 0 aliphatic carbocycles. The number of hydrogen-bond donors (Lipinski definition) is 0. The molecule has 14 heavy (non-hydrogen) atoms. The van der Waals surface area contributed by atoms with Gasteiger partial charge in [-0.05, 0) is 37.4 Å². The predicted octanol–water partition coefficient (Wildman–Crippen LogP) is 2.13. The van der Waals surface area contributed by atoms with E-state index in [1.807, 2.05) is 6.26 Å². The SMILES string of the molecule is CCOS(=O)(=O)c1ccc(SC)cc1. The monoisotopic (exact) mass is 232 g/mol. The van der Waals surface area contributed by atoms with E-state index >= 15 is 0 Å². The zero-order valence-electron chi connectivity index (χ0n) is 8.06. The Bertz CT molecular complexity index is 381. The highest BCUT2D eigenvalue weighted by atomic mass is 32.2. The summed E-state index contributed by atoms with van der Waals surface area (Å²) in [5, 5.41) is 0. The van der Waals surface area contributed by atoms with Gasteiger partial charge in [0.15, 0.2) is 0 Å². The van der Waals surface area contributed by atoms with Crippen molar-refractivity contribution < 1.29 is 12.6 Å². The highest BCUT2D eigenvalue weighted by Gasteiger charge is 2.13. The second-order valence-corrected chi connectivity index (χ2v) is 5.03. The van der Waals surface area contributed by atoms with Gasteiger partial charge in [0, 0.05) is 4.90 Å². The minimum atomic E-state index is -3.54. The molecule has 0 amide bonds. The normalized spacial score (nSPS) is 11.6.